The summed E-state index contributed by atoms with van der Waals surface area (Å²) in [4.78, 5) is -0.171. The maximum Gasteiger partial charge on any atom is 0.244 e. The molecule has 1 aromatic rings. The van der Waals surface area contributed by atoms with Crippen molar-refractivity contribution in [2.75, 3.05) is 20.1 Å². The molecule has 0 unspecified atom stereocenters. The second kappa shape index (κ2) is 5.75. The highest BCUT2D eigenvalue weighted by molar-refractivity contribution is 7.89. The highest BCUT2D eigenvalue weighted by Gasteiger charge is 2.30. The largest absolute Gasteiger partial charge is 0.317 e. The van der Waals surface area contributed by atoms with Gasteiger partial charge in [0.15, 0.2) is 0 Å². The Kier molecular flexibility index (Phi) is 4.45. The second-order valence-electron chi connectivity index (χ2n) is 4.58. The molecule has 19 heavy (non-hydrogen) atoms. The second-order valence-corrected chi connectivity index (χ2v) is 6.95. The van der Waals surface area contributed by atoms with E-state index in [1.165, 1.54) is 17.4 Å². The van der Waals surface area contributed by atoms with Crippen molar-refractivity contribution in [2.24, 2.45) is 0 Å². The first-order valence-corrected chi connectivity index (χ1v) is 7.88. The summed E-state index contributed by atoms with van der Waals surface area (Å²) in [7, 11) is -2.24. The van der Waals surface area contributed by atoms with Crippen LogP contribution in [-0.4, -0.2) is 38.9 Å². The van der Waals surface area contributed by atoms with Gasteiger partial charge in [-0.25, -0.2) is 12.8 Å². The molecular weight excluding hydrogens is 291 g/mol. The summed E-state index contributed by atoms with van der Waals surface area (Å²) in [6.07, 6.45) is 1.48. The van der Waals surface area contributed by atoms with E-state index < -0.39 is 15.8 Å². The third kappa shape index (κ3) is 3.08. The molecule has 106 valence electrons. The number of hydrogen-bond acceptors (Lipinski definition) is 3. The Morgan fingerprint density at radius 3 is 2.63 bits per heavy atom. The summed E-state index contributed by atoms with van der Waals surface area (Å²) in [6, 6.07) is 3.30. The molecule has 1 N–H and O–H groups in total. The summed E-state index contributed by atoms with van der Waals surface area (Å²) in [5, 5.41) is 3.22. The van der Waals surface area contributed by atoms with Gasteiger partial charge in [0.25, 0.3) is 0 Å². The summed E-state index contributed by atoms with van der Waals surface area (Å²) in [5.41, 5.74) is 0. The fourth-order valence-electron chi connectivity index (χ4n) is 2.20. The van der Waals surface area contributed by atoms with E-state index in [1.807, 2.05) is 0 Å². The monoisotopic (exact) mass is 306 g/mol. The van der Waals surface area contributed by atoms with Crippen LogP contribution in [0.4, 0.5) is 4.39 Å². The first kappa shape index (κ1) is 14.7. The summed E-state index contributed by atoms with van der Waals surface area (Å²) in [5.74, 6) is -0.610. The summed E-state index contributed by atoms with van der Waals surface area (Å²) < 4.78 is 39.4. The normalized spacial score (nSPS) is 17.9. The molecule has 1 aromatic carbocycles. The molecule has 0 saturated carbocycles. The highest BCUT2D eigenvalue weighted by Crippen LogP contribution is 2.27. The van der Waals surface area contributed by atoms with Crippen LogP contribution in [0, 0.1) is 5.82 Å². The molecule has 1 heterocycles. The molecule has 4 nitrogen and oxygen atoms in total. The van der Waals surface area contributed by atoms with E-state index in [2.05, 4.69) is 5.32 Å². The van der Waals surface area contributed by atoms with Gasteiger partial charge in [-0.1, -0.05) is 11.6 Å². The SMILES string of the molecule is CN(C1CCNCC1)S(=O)(=O)c1cc(F)ccc1Cl. The van der Waals surface area contributed by atoms with E-state index in [-0.39, 0.29) is 16.0 Å². The molecule has 0 aliphatic carbocycles. The molecule has 0 atom stereocenters. The van der Waals surface area contributed by atoms with E-state index in [4.69, 9.17) is 11.6 Å². The maximum atomic E-state index is 13.2. The lowest BCUT2D eigenvalue weighted by molar-refractivity contribution is 0.296. The zero-order valence-electron chi connectivity index (χ0n) is 10.6. The van der Waals surface area contributed by atoms with Crippen LogP contribution in [0.15, 0.2) is 23.1 Å². The number of hydrogen-bond donors (Lipinski definition) is 1. The van der Waals surface area contributed by atoms with E-state index in [0.717, 1.165) is 38.1 Å². The van der Waals surface area contributed by atoms with Crippen LogP contribution in [0.2, 0.25) is 5.02 Å². The molecule has 0 spiro atoms. The van der Waals surface area contributed by atoms with Gasteiger partial charge in [-0.15, -0.1) is 0 Å². The first-order valence-electron chi connectivity index (χ1n) is 6.07. The third-order valence-electron chi connectivity index (χ3n) is 3.37. The van der Waals surface area contributed by atoms with Gasteiger partial charge < -0.3 is 5.32 Å². The lowest BCUT2D eigenvalue weighted by Gasteiger charge is -2.31. The Hall–Kier alpha value is -0.690. The lowest BCUT2D eigenvalue weighted by Crippen LogP contribution is -2.43. The van der Waals surface area contributed by atoms with Crippen molar-refractivity contribution >= 4 is 21.6 Å². The number of rotatable bonds is 3. The number of halogens is 2. The van der Waals surface area contributed by atoms with Crippen molar-refractivity contribution in [1.29, 1.82) is 0 Å². The molecule has 1 aliphatic rings. The zero-order chi connectivity index (χ0) is 14.0. The van der Waals surface area contributed by atoms with Crippen molar-refractivity contribution in [1.82, 2.24) is 9.62 Å². The van der Waals surface area contributed by atoms with Crippen molar-refractivity contribution in [3.8, 4) is 0 Å². The minimum atomic E-state index is -3.76. The van der Waals surface area contributed by atoms with E-state index in [9.17, 15) is 12.8 Å². The number of nitrogens with one attached hydrogen (secondary N) is 1. The Bertz CT molecular complexity index is 559. The molecule has 1 fully saturated rings. The van der Waals surface area contributed by atoms with Gasteiger partial charge >= 0.3 is 0 Å². The number of piperidine rings is 1. The molecule has 0 aromatic heterocycles. The number of nitrogens with zero attached hydrogens (tertiary/aromatic N) is 1. The van der Waals surface area contributed by atoms with Crippen LogP contribution in [0.3, 0.4) is 0 Å². The minimum Gasteiger partial charge on any atom is -0.317 e. The van der Waals surface area contributed by atoms with Gasteiger partial charge in [-0.05, 0) is 44.1 Å². The first-order chi connectivity index (χ1) is 8.93. The molecule has 1 saturated heterocycles. The predicted molar refractivity (Wildman–Crippen MR) is 72.3 cm³/mol. The number of benzene rings is 1. The summed E-state index contributed by atoms with van der Waals surface area (Å²) >= 11 is 5.88. The number of sulfonamides is 1. The molecule has 0 radical (unpaired) electrons. The molecule has 1 aliphatic heterocycles. The topological polar surface area (TPSA) is 49.4 Å². The van der Waals surface area contributed by atoms with Gasteiger partial charge in [0, 0.05) is 13.1 Å². The van der Waals surface area contributed by atoms with E-state index in [1.54, 1.807) is 0 Å². The van der Waals surface area contributed by atoms with E-state index in [0.29, 0.717) is 0 Å². The predicted octanol–water partition coefficient (Wildman–Crippen LogP) is 1.85. The standard InChI is InChI=1S/C12H16ClFN2O2S/c1-16(10-4-6-15-7-5-10)19(17,18)12-8-9(14)2-3-11(12)13/h2-3,8,10,15H,4-7H2,1H3. The van der Waals surface area contributed by atoms with Gasteiger partial charge in [-0.2, -0.15) is 4.31 Å². The molecular formula is C12H16ClFN2O2S. The zero-order valence-corrected chi connectivity index (χ0v) is 12.1. The minimum absolute atomic E-state index is 0.0437. The quantitative estimate of drug-likeness (QED) is 0.927. The molecule has 0 bridgehead atoms. The smallest absolute Gasteiger partial charge is 0.244 e. The van der Waals surface area contributed by atoms with Crippen molar-refractivity contribution in [3.05, 3.63) is 29.0 Å². The Balaban J connectivity index is 2.33. The average molecular weight is 307 g/mol. The Morgan fingerprint density at radius 1 is 1.37 bits per heavy atom. The summed E-state index contributed by atoms with van der Waals surface area (Å²) in [6.45, 7) is 1.56. The van der Waals surface area contributed by atoms with Gasteiger partial charge in [0.2, 0.25) is 10.0 Å². The van der Waals surface area contributed by atoms with Crippen LogP contribution >= 0.6 is 11.6 Å². The molecule has 7 heteroatoms. The third-order valence-corrected chi connectivity index (χ3v) is 5.76. The van der Waals surface area contributed by atoms with Crippen molar-refractivity contribution in [3.63, 3.8) is 0 Å². The van der Waals surface area contributed by atoms with Gasteiger partial charge in [-0.3, -0.25) is 0 Å². The Labute approximate surface area is 117 Å². The fraction of sp³-hybridized carbons (Fsp3) is 0.500. The average Bonchev–Trinajstić information content (AvgIpc) is 2.41. The molecule has 0 amide bonds. The van der Waals surface area contributed by atoms with Crippen molar-refractivity contribution < 1.29 is 12.8 Å². The van der Waals surface area contributed by atoms with Crippen LogP contribution in [0.5, 0.6) is 0 Å². The lowest BCUT2D eigenvalue weighted by atomic mass is 10.1. The van der Waals surface area contributed by atoms with Crippen LogP contribution in [0.1, 0.15) is 12.8 Å². The van der Waals surface area contributed by atoms with Gasteiger partial charge in [0.1, 0.15) is 10.7 Å². The highest BCUT2D eigenvalue weighted by atomic mass is 35.5. The van der Waals surface area contributed by atoms with Gasteiger partial charge in [0.05, 0.1) is 5.02 Å². The maximum absolute atomic E-state index is 13.2. The fourth-order valence-corrected chi connectivity index (χ4v) is 4.10. The van der Waals surface area contributed by atoms with E-state index >= 15 is 0 Å². The Morgan fingerprint density at radius 2 is 2.00 bits per heavy atom. The molecule has 2 rings (SSSR count). The van der Waals surface area contributed by atoms with Crippen LogP contribution in [0.25, 0.3) is 0 Å². The van der Waals surface area contributed by atoms with Crippen LogP contribution in [-0.2, 0) is 10.0 Å². The van der Waals surface area contributed by atoms with Crippen molar-refractivity contribution in [2.45, 2.75) is 23.8 Å². The van der Waals surface area contributed by atoms with Crippen LogP contribution < -0.4 is 5.32 Å².